The van der Waals surface area contributed by atoms with Crippen molar-refractivity contribution < 1.29 is 21.7 Å². The third-order valence-electron chi connectivity index (χ3n) is 6.89. The van der Waals surface area contributed by atoms with Crippen LogP contribution in [0.15, 0.2) is 108 Å². The molecule has 2 atom stereocenters. The molecule has 0 fully saturated rings. The predicted octanol–water partition coefficient (Wildman–Crippen LogP) is 10.4. The smallest absolute Gasteiger partial charge is 0.656 e. The molecule has 0 heterocycles. The maximum Gasteiger partial charge on any atom is 4.00 e. The molecule has 0 N–H and O–H groups in total. The molecule has 2 aromatic carbocycles. The molecule has 0 saturated heterocycles. The van der Waals surface area contributed by atoms with Crippen LogP contribution in [0.2, 0.25) is 13.1 Å². The van der Waals surface area contributed by atoms with Crippen LogP contribution in [0.1, 0.15) is 44.7 Å². The number of benzene rings is 2. The minimum atomic E-state index is -1.70. The van der Waals surface area contributed by atoms with Crippen molar-refractivity contribution in [2.75, 3.05) is 14.1 Å². The van der Waals surface area contributed by atoms with Gasteiger partial charge in [-0.3, -0.25) is 0 Å². The van der Waals surface area contributed by atoms with E-state index in [0.717, 1.165) is 6.42 Å². The Labute approximate surface area is 270 Å². The van der Waals surface area contributed by atoms with E-state index in [1.807, 2.05) is 36.4 Å². The van der Waals surface area contributed by atoms with E-state index >= 15 is 0 Å². The first-order chi connectivity index (χ1) is 17.5. The summed E-state index contributed by atoms with van der Waals surface area (Å²) in [6, 6.07) is 21.1. The van der Waals surface area contributed by atoms with Crippen LogP contribution in [0.5, 0.6) is 0 Å². The quantitative estimate of drug-likeness (QED) is 0.183. The van der Waals surface area contributed by atoms with Gasteiger partial charge in [0.2, 0.25) is 0 Å². The van der Waals surface area contributed by atoms with Crippen molar-refractivity contribution in [3.63, 3.8) is 0 Å². The van der Waals surface area contributed by atoms with Crippen LogP contribution in [-0.4, -0.2) is 38.8 Å². The van der Waals surface area contributed by atoms with E-state index < -0.39 is 8.24 Å². The summed E-state index contributed by atoms with van der Waals surface area (Å²) in [6.45, 7) is 11.5. The first-order valence-electron chi connectivity index (χ1n) is 13.4. The van der Waals surface area contributed by atoms with Crippen molar-refractivity contribution in [3.05, 3.63) is 147 Å². The maximum atomic E-state index is 5.20. The maximum absolute atomic E-state index is 5.20. The van der Waals surface area contributed by atoms with Gasteiger partial charge in [0, 0.05) is 11.5 Å². The predicted molar refractivity (Wildman–Crippen MR) is 186 cm³/mol. The van der Waals surface area contributed by atoms with E-state index in [1.54, 1.807) is 5.20 Å². The van der Waals surface area contributed by atoms with Crippen LogP contribution in [0.4, 0.5) is 0 Å². The standard InChI is InChI=1S/C18H31N2Si.C16H14.3CH3.Ti/c1-17(2,3)19-21(6,7)15-13-16(20(4)5)18(14-15)11-9-8-10-12-18;1-3-9-15(10-4-1)13-7-8-14-16-11-5-2-6-12-16;;;;/h8-11,13,16H,12,14H2,1-7H3;1-14H;3*1H3;/q-1;;3*-1;+4/b;13-7+,14-8+;;;;. The zero-order valence-corrected chi connectivity index (χ0v) is 29.9. The SMILES string of the molecule is C(/C=C/c1ccccc1)=C\c1ccccc1.CN(C)C1C=C([Si](C)(C)[N-]C(C)(C)C)CC12C=CC=CC2.[CH3-].[CH3-].[CH3-].[Ti+4]. The molecular formula is C37H54N2SiTi. The third-order valence-corrected chi connectivity index (χ3v) is 10.0. The Morgan fingerprint density at radius 1 is 0.829 bits per heavy atom. The normalized spacial score (nSPS) is 19.5. The van der Waals surface area contributed by atoms with Crippen molar-refractivity contribution in [3.8, 4) is 0 Å². The number of hydrogen-bond donors (Lipinski definition) is 0. The van der Waals surface area contributed by atoms with Crippen molar-refractivity contribution >= 4 is 20.4 Å². The van der Waals surface area contributed by atoms with E-state index in [1.165, 1.54) is 17.5 Å². The Hall–Kier alpha value is -2.01. The molecule has 2 nitrogen and oxygen atoms in total. The van der Waals surface area contributed by atoms with Gasteiger partial charge in [-0.15, -0.1) is 10.7 Å². The van der Waals surface area contributed by atoms with E-state index in [0.29, 0.717) is 6.04 Å². The van der Waals surface area contributed by atoms with E-state index in [9.17, 15) is 0 Å². The van der Waals surface area contributed by atoms with Crippen LogP contribution in [0.3, 0.4) is 0 Å². The van der Waals surface area contributed by atoms with Crippen LogP contribution in [-0.2, 0) is 21.7 Å². The molecule has 0 amide bonds. The fourth-order valence-corrected chi connectivity index (χ4v) is 8.51. The second kappa shape index (κ2) is 18.5. The Morgan fingerprint density at radius 3 is 1.71 bits per heavy atom. The van der Waals surface area contributed by atoms with Gasteiger partial charge < -0.3 is 32.2 Å². The van der Waals surface area contributed by atoms with Gasteiger partial charge in [-0.25, -0.2) is 0 Å². The zero-order valence-electron chi connectivity index (χ0n) is 27.4. The number of rotatable bonds is 6. The minimum absolute atomic E-state index is 0. The van der Waals surface area contributed by atoms with E-state index in [4.69, 9.17) is 4.98 Å². The van der Waals surface area contributed by atoms with Crippen molar-refractivity contribution in [1.82, 2.24) is 4.90 Å². The fraction of sp³-hybridized carbons (Fsp3) is 0.324. The summed E-state index contributed by atoms with van der Waals surface area (Å²) in [5.41, 5.74) is 2.76. The molecule has 0 radical (unpaired) electrons. The van der Waals surface area contributed by atoms with Gasteiger partial charge in [-0.1, -0.05) is 149 Å². The van der Waals surface area contributed by atoms with Gasteiger partial charge in [-0.2, -0.15) is 0 Å². The summed E-state index contributed by atoms with van der Waals surface area (Å²) in [6.07, 6.45) is 22.3. The molecule has 2 aliphatic rings. The minimum Gasteiger partial charge on any atom is -0.656 e. The second-order valence-corrected chi connectivity index (χ2v) is 15.9. The first-order valence-corrected chi connectivity index (χ1v) is 16.4. The Kier molecular flexibility index (Phi) is 18.6. The van der Waals surface area contributed by atoms with Gasteiger partial charge in [0.1, 0.15) is 0 Å². The molecule has 2 aromatic rings. The third kappa shape index (κ3) is 12.8. The zero-order chi connectivity index (χ0) is 26.9. The van der Waals surface area contributed by atoms with Gasteiger partial charge >= 0.3 is 21.7 Å². The molecule has 0 bridgehead atoms. The van der Waals surface area contributed by atoms with Crippen LogP contribution < -0.4 is 0 Å². The molecule has 220 valence electrons. The fourth-order valence-electron chi connectivity index (χ4n) is 5.36. The largest absolute Gasteiger partial charge is 4.00 e. The summed E-state index contributed by atoms with van der Waals surface area (Å²) in [4.78, 5) is 7.58. The summed E-state index contributed by atoms with van der Waals surface area (Å²) in [5, 5.41) is 1.62. The molecule has 41 heavy (non-hydrogen) atoms. The van der Waals surface area contributed by atoms with Crippen molar-refractivity contribution in [1.29, 1.82) is 0 Å². The van der Waals surface area contributed by atoms with Crippen molar-refractivity contribution in [2.24, 2.45) is 5.41 Å². The van der Waals surface area contributed by atoms with E-state index in [2.05, 4.69) is 132 Å². The average molecular weight is 603 g/mol. The van der Waals surface area contributed by atoms with Gasteiger partial charge in [0.05, 0.1) is 0 Å². The average Bonchev–Trinajstić information content (AvgIpc) is 3.22. The Bertz CT molecular complexity index is 1090. The Balaban J connectivity index is 0. The first kappa shape index (κ1) is 41.1. The number of likely N-dealkylation sites (N-methyl/N-ethyl adjacent to an activating group) is 1. The second-order valence-electron chi connectivity index (χ2n) is 11.9. The number of allylic oxidation sites excluding steroid dienone is 6. The molecule has 2 unspecified atom stereocenters. The van der Waals surface area contributed by atoms with Crippen LogP contribution in [0, 0.1) is 27.7 Å². The molecular weight excluding hydrogens is 548 g/mol. The molecule has 0 saturated carbocycles. The van der Waals surface area contributed by atoms with E-state index in [-0.39, 0.29) is 55.0 Å². The summed E-state index contributed by atoms with van der Waals surface area (Å²) in [5.74, 6) is 0. The van der Waals surface area contributed by atoms with Gasteiger partial charge in [-0.05, 0) is 46.3 Å². The molecule has 0 aromatic heterocycles. The summed E-state index contributed by atoms with van der Waals surface area (Å²) >= 11 is 0. The molecule has 0 aliphatic heterocycles. The summed E-state index contributed by atoms with van der Waals surface area (Å²) in [7, 11) is 2.70. The molecule has 4 rings (SSSR count). The molecule has 1 spiro atoms. The summed E-state index contributed by atoms with van der Waals surface area (Å²) < 4.78 is 0. The molecule has 4 heteroatoms. The number of nitrogens with zero attached hydrogens (tertiary/aromatic N) is 2. The monoisotopic (exact) mass is 602 g/mol. The molecule has 2 aliphatic carbocycles. The van der Waals surface area contributed by atoms with Crippen molar-refractivity contribution in [2.45, 2.75) is 58.3 Å². The van der Waals surface area contributed by atoms with Gasteiger partial charge in [0.15, 0.2) is 0 Å². The Morgan fingerprint density at radius 2 is 1.32 bits per heavy atom. The van der Waals surface area contributed by atoms with Crippen LogP contribution in [0.25, 0.3) is 17.1 Å². The van der Waals surface area contributed by atoms with Crippen LogP contribution >= 0.6 is 0 Å². The van der Waals surface area contributed by atoms with Gasteiger partial charge in [0.25, 0.3) is 0 Å². The topological polar surface area (TPSA) is 17.3 Å². The number of hydrogen-bond acceptors (Lipinski definition) is 1.